The Hall–Kier alpha value is -3.07. The highest BCUT2D eigenvalue weighted by Crippen LogP contribution is 2.28. The molecule has 0 spiro atoms. The van der Waals surface area contributed by atoms with Crippen molar-refractivity contribution in [3.63, 3.8) is 0 Å². The number of aryl methyl sites for hydroxylation is 1. The number of hydrogen-bond donors (Lipinski definition) is 2. The molecular formula is C24H26N2O. The average Bonchev–Trinajstić information content (AvgIpc) is 2.69. The summed E-state index contributed by atoms with van der Waals surface area (Å²) in [4.78, 5) is 12.9. The Morgan fingerprint density at radius 3 is 1.85 bits per heavy atom. The van der Waals surface area contributed by atoms with E-state index in [2.05, 4.69) is 30.5 Å². The maximum absolute atomic E-state index is 12.9. The monoisotopic (exact) mass is 358 g/mol. The second kappa shape index (κ2) is 8.54. The van der Waals surface area contributed by atoms with Crippen LogP contribution in [0, 0.1) is 6.92 Å². The van der Waals surface area contributed by atoms with Crippen LogP contribution in [0.3, 0.4) is 0 Å². The van der Waals surface area contributed by atoms with E-state index < -0.39 is 0 Å². The topological polar surface area (TPSA) is 41.1 Å². The predicted octanol–water partition coefficient (Wildman–Crippen LogP) is 6.03. The first-order valence-corrected chi connectivity index (χ1v) is 9.33. The van der Waals surface area contributed by atoms with Gasteiger partial charge in [-0.1, -0.05) is 92.7 Å². The van der Waals surface area contributed by atoms with Crippen LogP contribution < -0.4 is 10.6 Å². The van der Waals surface area contributed by atoms with Gasteiger partial charge in [0.15, 0.2) is 0 Å². The van der Waals surface area contributed by atoms with Crippen molar-refractivity contribution < 1.29 is 4.79 Å². The molecule has 3 rings (SSSR count). The fourth-order valence-electron chi connectivity index (χ4n) is 3.27. The van der Waals surface area contributed by atoms with E-state index in [1.54, 1.807) is 0 Å². The molecule has 0 atom stereocenters. The molecule has 3 aromatic rings. The van der Waals surface area contributed by atoms with Gasteiger partial charge in [0, 0.05) is 5.69 Å². The van der Waals surface area contributed by atoms with E-state index in [4.69, 9.17) is 0 Å². The number of hydrogen-bond acceptors (Lipinski definition) is 1. The smallest absolute Gasteiger partial charge is 0.320 e. The Kier molecular flexibility index (Phi) is 5.92. The zero-order valence-corrected chi connectivity index (χ0v) is 16.1. The molecule has 0 aromatic heterocycles. The normalized spacial score (nSPS) is 10.9. The molecule has 2 amide bonds. The molecule has 0 radical (unpaired) electrons. The van der Waals surface area contributed by atoms with Gasteiger partial charge < -0.3 is 10.6 Å². The molecule has 0 bridgehead atoms. The van der Waals surface area contributed by atoms with Crippen LogP contribution in [0.25, 0.3) is 0 Å². The Morgan fingerprint density at radius 1 is 0.778 bits per heavy atom. The molecule has 0 saturated carbocycles. The number of nitrogens with one attached hydrogen (secondary N) is 2. The van der Waals surface area contributed by atoms with Crippen LogP contribution in [0.4, 0.5) is 10.5 Å². The standard InChI is InChI=1S/C24H26N2O/c1-17(2)21-16-10-11-18(3)22(21)25-24(27)26-23(19-12-6-4-7-13-19)20-14-8-5-9-15-20/h4-17,23H,1-3H3,(H2,25,26,27). The average molecular weight is 358 g/mol. The van der Waals surface area contributed by atoms with Crippen molar-refractivity contribution in [1.29, 1.82) is 0 Å². The van der Waals surface area contributed by atoms with Crippen LogP contribution in [0.5, 0.6) is 0 Å². The van der Waals surface area contributed by atoms with E-state index in [-0.39, 0.29) is 12.1 Å². The molecule has 0 heterocycles. The van der Waals surface area contributed by atoms with Crippen LogP contribution in [0.2, 0.25) is 0 Å². The lowest BCUT2D eigenvalue weighted by Crippen LogP contribution is -2.33. The fourth-order valence-corrected chi connectivity index (χ4v) is 3.27. The van der Waals surface area contributed by atoms with Crippen molar-refractivity contribution in [2.45, 2.75) is 32.7 Å². The number of carbonyl (C=O) groups excluding carboxylic acids is 1. The molecule has 3 aromatic carbocycles. The predicted molar refractivity (Wildman–Crippen MR) is 112 cm³/mol. The van der Waals surface area contributed by atoms with Gasteiger partial charge in [-0.25, -0.2) is 4.79 Å². The van der Waals surface area contributed by atoms with Crippen LogP contribution in [0.1, 0.15) is 48.1 Å². The van der Waals surface area contributed by atoms with Gasteiger partial charge in [0.2, 0.25) is 0 Å². The molecule has 0 unspecified atom stereocenters. The van der Waals surface area contributed by atoms with E-state index in [1.807, 2.05) is 79.7 Å². The summed E-state index contributed by atoms with van der Waals surface area (Å²) in [5.41, 5.74) is 5.19. The molecule has 27 heavy (non-hydrogen) atoms. The summed E-state index contributed by atoms with van der Waals surface area (Å²) in [6, 6.07) is 25.8. The van der Waals surface area contributed by atoms with Gasteiger partial charge in [-0.3, -0.25) is 0 Å². The minimum absolute atomic E-state index is 0.205. The van der Waals surface area contributed by atoms with Gasteiger partial charge in [0.05, 0.1) is 6.04 Å². The van der Waals surface area contributed by atoms with Gasteiger partial charge in [-0.15, -0.1) is 0 Å². The number of urea groups is 1. The fraction of sp³-hybridized carbons (Fsp3) is 0.208. The lowest BCUT2D eigenvalue weighted by molar-refractivity contribution is 0.250. The zero-order chi connectivity index (χ0) is 19.2. The Morgan fingerprint density at radius 2 is 1.33 bits per heavy atom. The first-order valence-electron chi connectivity index (χ1n) is 9.33. The molecule has 2 N–H and O–H groups in total. The summed E-state index contributed by atoms with van der Waals surface area (Å²) in [6.07, 6.45) is 0. The van der Waals surface area contributed by atoms with Gasteiger partial charge in [0.1, 0.15) is 0 Å². The van der Waals surface area contributed by atoms with Gasteiger partial charge >= 0.3 is 6.03 Å². The van der Waals surface area contributed by atoms with E-state index in [1.165, 1.54) is 0 Å². The van der Waals surface area contributed by atoms with Gasteiger partial charge in [0.25, 0.3) is 0 Å². The molecule has 3 nitrogen and oxygen atoms in total. The molecule has 0 fully saturated rings. The van der Waals surface area contributed by atoms with Crippen molar-refractivity contribution in [3.05, 3.63) is 101 Å². The molecule has 0 aliphatic heterocycles. The van der Waals surface area contributed by atoms with E-state index in [9.17, 15) is 4.79 Å². The number of amides is 2. The lowest BCUT2D eigenvalue weighted by Gasteiger charge is -2.22. The summed E-state index contributed by atoms with van der Waals surface area (Å²) in [6.45, 7) is 6.29. The van der Waals surface area contributed by atoms with Crippen LogP contribution in [0.15, 0.2) is 78.9 Å². The molecular weight excluding hydrogens is 332 g/mol. The Labute approximate surface area is 161 Å². The van der Waals surface area contributed by atoms with Gasteiger partial charge in [-0.2, -0.15) is 0 Å². The third kappa shape index (κ3) is 4.56. The van der Waals surface area contributed by atoms with Crippen molar-refractivity contribution in [3.8, 4) is 0 Å². The second-order valence-corrected chi connectivity index (χ2v) is 7.05. The molecule has 3 heteroatoms. The van der Waals surface area contributed by atoms with E-state index >= 15 is 0 Å². The number of carbonyl (C=O) groups is 1. The molecule has 0 aliphatic rings. The quantitative estimate of drug-likeness (QED) is 0.574. The Bertz CT molecular complexity index is 849. The third-order valence-corrected chi connectivity index (χ3v) is 4.71. The van der Waals surface area contributed by atoms with Crippen molar-refractivity contribution in [1.82, 2.24) is 5.32 Å². The highest BCUT2D eigenvalue weighted by atomic mass is 16.2. The van der Waals surface area contributed by atoms with Crippen LogP contribution in [-0.2, 0) is 0 Å². The highest BCUT2D eigenvalue weighted by Gasteiger charge is 2.18. The van der Waals surface area contributed by atoms with Crippen molar-refractivity contribution in [2.75, 3.05) is 5.32 Å². The van der Waals surface area contributed by atoms with E-state index in [0.717, 1.165) is 27.9 Å². The first-order chi connectivity index (χ1) is 13.1. The zero-order valence-electron chi connectivity index (χ0n) is 16.1. The summed E-state index contributed by atoms with van der Waals surface area (Å²) in [7, 11) is 0. The van der Waals surface area contributed by atoms with Crippen molar-refractivity contribution in [2.24, 2.45) is 0 Å². The largest absolute Gasteiger partial charge is 0.327 e. The number of rotatable bonds is 5. The summed E-state index contributed by atoms with van der Waals surface area (Å²) >= 11 is 0. The SMILES string of the molecule is Cc1cccc(C(C)C)c1NC(=O)NC(c1ccccc1)c1ccccc1. The second-order valence-electron chi connectivity index (χ2n) is 7.05. The Balaban J connectivity index is 1.86. The number of benzene rings is 3. The van der Waals surface area contributed by atoms with Crippen LogP contribution in [-0.4, -0.2) is 6.03 Å². The summed E-state index contributed by atoms with van der Waals surface area (Å²) < 4.78 is 0. The summed E-state index contributed by atoms with van der Waals surface area (Å²) in [5, 5.41) is 6.22. The van der Waals surface area contributed by atoms with E-state index in [0.29, 0.717) is 5.92 Å². The number of anilines is 1. The van der Waals surface area contributed by atoms with Crippen molar-refractivity contribution >= 4 is 11.7 Å². The minimum Gasteiger partial charge on any atom is -0.327 e. The minimum atomic E-state index is -0.209. The van der Waals surface area contributed by atoms with Gasteiger partial charge in [-0.05, 0) is 35.1 Å². The molecule has 138 valence electrons. The molecule has 0 aliphatic carbocycles. The first kappa shape index (κ1) is 18.7. The maximum atomic E-state index is 12.9. The summed E-state index contributed by atoms with van der Waals surface area (Å²) in [5.74, 6) is 0.333. The third-order valence-electron chi connectivity index (χ3n) is 4.71. The number of para-hydroxylation sites is 1. The molecule has 0 saturated heterocycles. The highest BCUT2D eigenvalue weighted by molar-refractivity contribution is 5.91. The van der Waals surface area contributed by atoms with Crippen LogP contribution >= 0.6 is 0 Å². The lowest BCUT2D eigenvalue weighted by atomic mass is 9.98. The maximum Gasteiger partial charge on any atom is 0.320 e.